The molecule has 27 heavy (non-hydrogen) atoms. The average molecular weight is 408 g/mol. The normalized spacial score (nSPS) is 15.4. The van der Waals surface area contributed by atoms with Gasteiger partial charge in [-0.3, -0.25) is 18.9 Å². The second kappa shape index (κ2) is 10.8. The van der Waals surface area contributed by atoms with Gasteiger partial charge in [0.25, 0.3) is 0 Å². The van der Waals surface area contributed by atoms with E-state index in [-0.39, 0.29) is 18.0 Å². The average Bonchev–Trinajstić information content (AvgIpc) is 2.58. The molecule has 4 N–H and O–H groups in total. The molecule has 0 bridgehead atoms. The molecule has 0 unspecified atom stereocenters. The number of hydrogen-bond acceptors (Lipinski definition) is 7. The lowest BCUT2D eigenvalue weighted by Gasteiger charge is -2.24. The van der Waals surface area contributed by atoms with Crippen molar-refractivity contribution in [2.45, 2.75) is 64.9 Å². The lowest BCUT2D eigenvalue weighted by atomic mass is 10.1. The van der Waals surface area contributed by atoms with E-state index in [1.807, 2.05) is 20.8 Å². The highest BCUT2D eigenvalue weighted by Gasteiger charge is 2.32. The fourth-order valence-electron chi connectivity index (χ4n) is 1.91. The molecule has 0 aliphatic carbocycles. The molecule has 158 valence electrons. The van der Waals surface area contributed by atoms with E-state index < -0.39 is 37.3 Å². The number of hydrogen-bond donors (Lipinski definition) is 4. The number of nitrogens with one attached hydrogen (secondary N) is 4. The van der Waals surface area contributed by atoms with Crippen molar-refractivity contribution in [3.63, 3.8) is 0 Å². The third-order valence-electron chi connectivity index (χ3n) is 3.64. The molecule has 0 heterocycles. The molecule has 0 saturated heterocycles. The molecule has 0 aliphatic rings. The van der Waals surface area contributed by atoms with E-state index in [0.29, 0.717) is 0 Å². The third-order valence-corrected chi connectivity index (χ3v) is 5.73. The Morgan fingerprint density at radius 1 is 0.889 bits per heavy atom. The zero-order valence-corrected chi connectivity index (χ0v) is 18.2. The quantitative estimate of drug-likeness (QED) is 0.383. The van der Waals surface area contributed by atoms with Crippen LogP contribution in [0.25, 0.3) is 0 Å². The van der Waals surface area contributed by atoms with E-state index in [4.69, 9.17) is 9.05 Å². The summed E-state index contributed by atoms with van der Waals surface area (Å²) in [6, 6.07) is -1.73. The summed E-state index contributed by atoms with van der Waals surface area (Å²) in [6.07, 6.45) is 0. The second-order valence-electron chi connectivity index (χ2n) is 7.21. The van der Waals surface area contributed by atoms with E-state index in [2.05, 4.69) is 21.3 Å². The van der Waals surface area contributed by atoms with Crippen LogP contribution in [0.3, 0.4) is 0 Å². The zero-order valence-electron chi connectivity index (χ0n) is 17.3. The summed E-state index contributed by atoms with van der Waals surface area (Å²) in [5, 5.41) is 10.5. The Morgan fingerprint density at radius 3 is 1.78 bits per heavy atom. The van der Waals surface area contributed by atoms with E-state index in [1.165, 1.54) is 35.0 Å². The SMILES string of the molecule is COP(=O)(OC)[C@H](C)NC(=O)[C@H](C)NC(=O)[C@H](C)NC(=O)CNC(C)(C)C. The van der Waals surface area contributed by atoms with E-state index in [1.54, 1.807) is 0 Å². The highest BCUT2D eigenvalue weighted by molar-refractivity contribution is 7.54. The molecule has 0 aromatic rings. The van der Waals surface area contributed by atoms with Crippen molar-refractivity contribution in [3.8, 4) is 0 Å². The number of amides is 3. The van der Waals surface area contributed by atoms with Crippen LogP contribution in [-0.4, -0.2) is 61.9 Å². The fraction of sp³-hybridized carbons (Fsp3) is 0.812. The standard InChI is InChI=1S/C16H33N4O6P/c1-10(18-13(21)9-17-16(4,5)6)14(22)19-11(2)15(23)20-12(3)27(24,25-7)26-8/h10-12,17H,9H2,1-8H3,(H,18,21)(H,19,22)(H,20,23)/t10-,11-,12+/m0/s1. The van der Waals surface area contributed by atoms with E-state index >= 15 is 0 Å². The van der Waals surface area contributed by atoms with Crippen molar-refractivity contribution in [1.82, 2.24) is 21.3 Å². The molecule has 10 nitrogen and oxygen atoms in total. The summed E-state index contributed by atoms with van der Waals surface area (Å²) in [5.74, 6) is -2.30. The van der Waals surface area contributed by atoms with Crippen molar-refractivity contribution >= 4 is 25.3 Å². The van der Waals surface area contributed by atoms with Crippen LogP contribution < -0.4 is 21.3 Å². The van der Waals surface area contributed by atoms with Crippen molar-refractivity contribution in [1.29, 1.82) is 0 Å². The molecular formula is C16H33N4O6P. The maximum Gasteiger partial charge on any atom is 0.351 e. The van der Waals surface area contributed by atoms with Crippen molar-refractivity contribution < 1.29 is 28.0 Å². The van der Waals surface area contributed by atoms with E-state index in [9.17, 15) is 18.9 Å². The molecule has 3 amide bonds. The zero-order chi connectivity index (χ0) is 21.4. The van der Waals surface area contributed by atoms with Crippen molar-refractivity contribution in [2.75, 3.05) is 20.8 Å². The maximum atomic E-state index is 12.2. The molecule has 0 aromatic carbocycles. The Hall–Kier alpha value is -1.48. The molecule has 0 saturated carbocycles. The number of carbonyl (C=O) groups is 3. The number of carbonyl (C=O) groups excluding carboxylic acids is 3. The van der Waals surface area contributed by atoms with Crippen LogP contribution in [-0.2, 0) is 28.0 Å². The predicted molar refractivity (Wildman–Crippen MR) is 102 cm³/mol. The van der Waals surface area contributed by atoms with Crippen LogP contribution in [0.1, 0.15) is 41.5 Å². The van der Waals surface area contributed by atoms with Crippen LogP contribution in [0.4, 0.5) is 0 Å². The van der Waals surface area contributed by atoms with Gasteiger partial charge in [0.15, 0.2) is 0 Å². The first kappa shape index (κ1) is 25.5. The number of rotatable bonds is 10. The van der Waals surface area contributed by atoms with Gasteiger partial charge in [0.2, 0.25) is 17.7 Å². The van der Waals surface area contributed by atoms with Crippen LogP contribution >= 0.6 is 7.60 Å². The van der Waals surface area contributed by atoms with Crippen molar-refractivity contribution in [2.24, 2.45) is 0 Å². The fourth-order valence-corrected chi connectivity index (χ4v) is 2.98. The Labute approximate surface area is 161 Å². The van der Waals surface area contributed by atoms with Gasteiger partial charge in [-0.25, -0.2) is 0 Å². The van der Waals surface area contributed by atoms with Gasteiger partial charge in [-0.2, -0.15) is 0 Å². The summed E-state index contributed by atoms with van der Waals surface area (Å²) in [6.45, 7) is 10.3. The van der Waals surface area contributed by atoms with E-state index in [0.717, 1.165) is 0 Å². The molecule has 0 aromatic heterocycles. The minimum atomic E-state index is -3.47. The molecule has 0 radical (unpaired) electrons. The molecular weight excluding hydrogens is 375 g/mol. The smallest absolute Gasteiger partial charge is 0.343 e. The van der Waals surface area contributed by atoms with Crippen molar-refractivity contribution in [3.05, 3.63) is 0 Å². The van der Waals surface area contributed by atoms with Gasteiger partial charge in [-0.15, -0.1) is 0 Å². The predicted octanol–water partition coefficient (Wildman–Crippen LogP) is 0.332. The van der Waals surface area contributed by atoms with Crippen LogP contribution in [0.2, 0.25) is 0 Å². The highest BCUT2D eigenvalue weighted by atomic mass is 31.2. The van der Waals surface area contributed by atoms with Gasteiger partial charge in [-0.1, -0.05) is 0 Å². The maximum absolute atomic E-state index is 12.2. The summed E-state index contributed by atoms with van der Waals surface area (Å²) in [5.41, 5.74) is -0.226. The summed E-state index contributed by atoms with van der Waals surface area (Å²) >= 11 is 0. The summed E-state index contributed by atoms with van der Waals surface area (Å²) in [7, 11) is -1.03. The summed E-state index contributed by atoms with van der Waals surface area (Å²) < 4.78 is 21.8. The molecule has 0 fully saturated rings. The van der Waals surface area contributed by atoms with Gasteiger partial charge < -0.3 is 30.3 Å². The Bertz CT molecular complexity index is 570. The minimum Gasteiger partial charge on any atom is -0.343 e. The third kappa shape index (κ3) is 9.32. The van der Waals surface area contributed by atoms with Gasteiger partial charge in [-0.05, 0) is 41.5 Å². The molecule has 0 aliphatic heterocycles. The lowest BCUT2D eigenvalue weighted by molar-refractivity contribution is -0.131. The highest BCUT2D eigenvalue weighted by Crippen LogP contribution is 2.50. The first-order valence-electron chi connectivity index (χ1n) is 8.62. The topological polar surface area (TPSA) is 135 Å². The first-order chi connectivity index (χ1) is 12.3. The Balaban J connectivity index is 4.56. The second-order valence-corrected chi connectivity index (χ2v) is 9.80. The largest absolute Gasteiger partial charge is 0.351 e. The molecule has 11 heteroatoms. The molecule has 3 atom stereocenters. The van der Waals surface area contributed by atoms with Gasteiger partial charge >= 0.3 is 7.60 Å². The van der Waals surface area contributed by atoms with Crippen LogP contribution in [0.5, 0.6) is 0 Å². The molecule has 0 rings (SSSR count). The monoisotopic (exact) mass is 408 g/mol. The first-order valence-corrected chi connectivity index (χ1v) is 10.2. The van der Waals surface area contributed by atoms with Crippen LogP contribution in [0, 0.1) is 0 Å². The Kier molecular flexibility index (Phi) is 10.2. The van der Waals surface area contributed by atoms with Gasteiger partial charge in [0.1, 0.15) is 17.9 Å². The van der Waals surface area contributed by atoms with Gasteiger partial charge in [0.05, 0.1) is 6.54 Å². The van der Waals surface area contributed by atoms with Gasteiger partial charge in [0, 0.05) is 19.8 Å². The Morgan fingerprint density at radius 2 is 1.33 bits per heavy atom. The lowest BCUT2D eigenvalue weighted by Crippen LogP contribution is -2.54. The van der Waals surface area contributed by atoms with Crippen LogP contribution in [0.15, 0.2) is 0 Å². The summed E-state index contributed by atoms with van der Waals surface area (Å²) in [4.78, 5) is 36.2. The molecule has 0 spiro atoms. The minimum absolute atomic E-state index is 0.0675.